The van der Waals surface area contributed by atoms with Crippen molar-refractivity contribution >= 4 is 17.4 Å². The molecule has 0 bridgehead atoms. The number of nitrogen functional groups attached to an aromatic ring is 1. The number of nitrogens with one attached hydrogen (secondary N) is 2. The van der Waals surface area contributed by atoms with Crippen molar-refractivity contribution in [2.45, 2.75) is 72.4 Å². The highest BCUT2D eigenvalue weighted by molar-refractivity contribution is 5.83. The van der Waals surface area contributed by atoms with E-state index in [1.807, 2.05) is 45.0 Å². The summed E-state index contributed by atoms with van der Waals surface area (Å²) in [6, 6.07) is 7.41. The summed E-state index contributed by atoms with van der Waals surface area (Å²) in [6.45, 7) is 9.04. The van der Waals surface area contributed by atoms with Gasteiger partial charge in [0, 0.05) is 13.1 Å². The summed E-state index contributed by atoms with van der Waals surface area (Å²) >= 11 is 0. The molecular weight excluding hydrogens is 446 g/mol. The van der Waals surface area contributed by atoms with E-state index in [4.69, 9.17) is 10.5 Å². The lowest BCUT2D eigenvalue weighted by atomic mass is 9.96. The van der Waals surface area contributed by atoms with Crippen LogP contribution in [-0.2, 0) is 11.3 Å². The third kappa shape index (κ3) is 7.63. The molecule has 194 valence electrons. The van der Waals surface area contributed by atoms with Crippen molar-refractivity contribution in [1.29, 1.82) is 0 Å². The Hall–Kier alpha value is -3.23. The standard InChI is InChI=1S/C26H41N5O4/c1-6-8-10-15-30(23-24(27)31(16-9-7-2)26(34)29-25(23)33)17-21(32)28-22(18(3)4)19-11-13-20(35-5)14-12-19/h11-14,18,22H,6-10,15-17,27H2,1-5H3,(H,28,32)(H,29,33,34). The smallest absolute Gasteiger partial charge is 0.330 e. The summed E-state index contributed by atoms with van der Waals surface area (Å²) in [5.74, 6) is 0.774. The van der Waals surface area contributed by atoms with Gasteiger partial charge in [0.15, 0.2) is 0 Å². The van der Waals surface area contributed by atoms with Crippen LogP contribution in [0.25, 0.3) is 0 Å². The third-order valence-corrected chi connectivity index (χ3v) is 6.09. The van der Waals surface area contributed by atoms with E-state index >= 15 is 0 Å². The second-order valence-electron chi connectivity index (χ2n) is 9.19. The topological polar surface area (TPSA) is 122 Å². The van der Waals surface area contributed by atoms with E-state index in [2.05, 4.69) is 17.2 Å². The SMILES string of the molecule is CCCCCN(CC(=O)NC(c1ccc(OC)cc1)C(C)C)c1c(N)n(CCCC)c(=O)[nH]c1=O. The molecule has 0 saturated heterocycles. The fourth-order valence-corrected chi connectivity index (χ4v) is 4.08. The minimum Gasteiger partial charge on any atom is -0.497 e. The molecule has 1 aromatic heterocycles. The zero-order valence-corrected chi connectivity index (χ0v) is 21.7. The van der Waals surface area contributed by atoms with Gasteiger partial charge in [-0.3, -0.25) is 19.1 Å². The molecule has 0 aliphatic carbocycles. The predicted molar refractivity (Wildman–Crippen MR) is 141 cm³/mol. The summed E-state index contributed by atoms with van der Waals surface area (Å²) in [7, 11) is 1.61. The number of hydrogen-bond acceptors (Lipinski definition) is 6. The van der Waals surface area contributed by atoms with Crippen LogP contribution in [0.1, 0.15) is 71.4 Å². The maximum Gasteiger partial charge on any atom is 0.330 e. The molecule has 1 aromatic carbocycles. The molecule has 1 heterocycles. The summed E-state index contributed by atoms with van der Waals surface area (Å²) in [6.07, 6.45) is 4.37. The number of unbranched alkanes of at least 4 members (excludes halogenated alkanes) is 3. The van der Waals surface area contributed by atoms with Crippen molar-refractivity contribution in [1.82, 2.24) is 14.9 Å². The molecule has 4 N–H and O–H groups in total. The Balaban J connectivity index is 2.33. The molecule has 1 unspecified atom stereocenters. The van der Waals surface area contributed by atoms with E-state index in [0.29, 0.717) is 13.1 Å². The lowest BCUT2D eigenvalue weighted by Gasteiger charge is -2.28. The first kappa shape index (κ1) is 28.0. The molecule has 1 atom stereocenters. The zero-order valence-electron chi connectivity index (χ0n) is 21.7. The van der Waals surface area contributed by atoms with Crippen LogP contribution in [0.5, 0.6) is 5.75 Å². The van der Waals surface area contributed by atoms with E-state index in [9.17, 15) is 14.4 Å². The predicted octanol–water partition coefficient (Wildman–Crippen LogP) is 3.44. The molecule has 2 aromatic rings. The third-order valence-electron chi connectivity index (χ3n) is 6.09. The monoisotopic (exact) mass is 487 g/mol. The Morgan fingerprint density at radius 3 is 2.34 bits per heavy atom. The molecule has 1 amide bonds. The van der Waals surface area contributed by atoms with Crippen molar-refractivity contribution in [3.05, 3.63) is 50.7 Å². The van der Waals surface area contributed by atoms with Crippen LogP contribution in [-0.4, -0.2) is 35.7 Å². The quantitative estimate of drug-likeness (QED) is 0.351. The number of nitrogens with two attached hydrogens (primary N) is 1. The summed E-state index contributed by atoms with van der Waals surface area (Å²) in [5.41, 5.74) is 6.38. The van der Waals surface area contributed by atoms with Crippen molar-refractivity contribution in [3.63, 3.8) is 0 Å². The molecule has 9 nitrogen and oxygen atoms in total. The van der Waals surface area contributed by atoms with Gasteiger partial charge in [0.2, 0.25) is 5.91 Å². The van der Waals surface area contributed by atoms with Gasteiger partial charge in [-0.2, -0.15) is 0 Å². The van der Waals surface area contributed by atoms with Crippen molar-refractivity contribution < 1.29 is 9.53 Å². The van der Waals surface area contributed by atoms with Crippen LogP contribution in [0.2, 0.25) is 0 Å². The maximum absolute atomic E-state index is 13.2. The number of amides is 1. The van der Waals surface area contributed by atoms with Gasteiger partial charge < -0.3 is 20.7 Å². The zero-order chi connectivity index (χ0) is 26.0. The fraction of sp³-hybridized carbons (Fsp3) is 0.577. The minimum absolute atomic E-state index is 0.0393. The molecule has 0 radical (unpaired) electrons. The van der Waals surface area contributed by atoms with Gasteiger partial charge in [0.05, 0.1) is 19.7 Å². The largest absolute Gasteiger partial charge is 0.497 e. The van der Waals surface area contributed by atoms with E-state index in [-0.39, 0.29) is 35.9 Å². The fourth-order valence-electron chi connectivity index (χ4n) is 4.08. The number of carbonyl (C=O) groups excluding carboxylic acids is 1. The number of ether oxygens (including phenoxy) is 1. The van der Waals surface area contributed by atoms with Crippen LogP contribution >= 0.6 is 0 Å². The molecule has 35 heavy (non-hydrogen) atoms. The van der Waals surface area contributed by atoms with E-state index < -0.39 is 11.2 Å². The Morgan fingerprint density at radius 1 is 1.11 bits per heavy atom. The molecule has 0 fully saturated rings. The van der Waals surface area contributed by atoms with Gasteiger partial charge in [0.25, 0.3) is 5.56 Å². The summed E-state index contributed by atoms with van der Waals surface area (Å²) in [4.78, 5) is 42.5. The number of benzene rings is 1. The Morgan fingerprint density at radius 2 is 1.77 bits per heavy atom. The average molecular weight is 488 g/mol. The number of aromatic nitrogens is 2. The van der Waals surface area contributed by atoms with E-state index in [1.165, 1.54) is 4.57 Å². The minimum atomic E-state index is -0.569. The van der Waals surface area contributed by atoms with Crippen molar-refractivity contribution in [2.24, 2.45) is 5.92 Å². The van der Waals surface area contributed by atoms with E-state index in [1.54, 1.807) is 12.0 Å². The van der Waals surface area contributed by atoms with Crippen LogP contribution in [0.15, 0.2) is 33.9 Å². The number of methoxy groups -OCH3 is 1. The normalized spacial score (nSPS) is 11.9. The van der Waals surface area contributed by atoms with Crippen LogP contribution in [0.4, 0.5) is 11.5 Å². The van der Waals surface area contributed by atoms with Gasteiger partial charge in [-0.25, -0.2) is 4.79 Å². The lowest BCUT2D eigenvalue weighted by molar-refractivity contribution is -0.120. The van der Waals surface area contributed by atoms with Crippen LogP contribution in [0.3, 0.4) is 0 Å². The maximum atomic E-state index is 13.2. The molecule has 0 aliphatic heterocycles. The average Bonchev–Trinajstić information content (AvgIpc) is 2.82. The number of aromatic amines is 1. The van der Waals surface area contributed by atoms with Crippen LogP contribution < -0.4 is 31.9 Å². The molecule has 0 saturated carbocycles. The Labute approximate surface area is 207 Å². The highest BCUT2D eigenvalue weighted by Crippen LogP contribution is 2.24. The number of H-pyrrole nitrogens is 1. The molecule has 9 heteroatoms. The molecule has 0 spiro atoms. The second-order valence-corrected chi connectivity index (χ2v) is 9.19. The number of anilines is 2. The van der Waals surface area contributed by atoms with Gasteiger partial charge in [-0.1, -0.05) is 59.1 Å². The van der Waals surface area contributed by atoms with Gasteiger partial charge in [-0.15, -0.1) is 0 Å². The number of rotatable bonds is 14. The summed E-state index contributed by atoms with van der Waals surface area (Å²) < 4.78 is 6.63. The van der Waals surface area contributed by atoms with Crippen molar-refractivity contribution in [2.75, 3.05) is 30.8 Å². The number of nitrogens with zero attached hydrogens (tertiary/aromatic N) is 2. The number of carbonyl (C=O) groups is 1. The molecular formula is C26H41N5O4. The number of hydrogen-bond donors (Lipinski definition) is 3. The van der Waals surface area contributed by atoms with Crippen molar-refractivity contribution in [3.8, 4) is 5.75 Å². The summed E-state index contributed by atoms with van der Waals surface area (Å²) in [5, 5.41) is 3.12. The van der Waals surface area contributed by atoms with Gasteiger partial charge in [0.1, 0.15) is 17.3 Å². The highest BCUT2D eigenvalue weighted by Gasteiger charge is 2.24. The van der Waals surface area contributed by atoms with Crippen LogP contribution in [0, 0.1) is 5.92 Å². The molecule has 0 aliphatic rings. The van der Waals surface area contributed by atoms with Gasteiger partial charge in [-0.05, 0) is 36.5 Å². The Bertz CT molecular complexity index is 1060. The first-order chi connectivity index (χ1) is 16.7. The highest BCUT2D eigenvalue weighted by atomic mass is 16.5. The first-order valence-corrected chi connectivity index (χ1v) is 12.5. The first-order valence-electron chi connectivity index (χ1n) is 12.5. The Kier molecular flexibility index (Phi) is 10.9. The molecule has 2 rings (SSSR count). The van der Waals surface area contributed by atoms with E-state index in [0.717, 1.165) is 43.4 Å². The second kappa shape index (κ2) is 13.6. The van der Waals surface area contributed by atoms with Gasteiger partial charge >= 0.3 is 5.69 Å². The lowest BCUT2D eigenvalue weighted by Crippen LogP contribution is -2.44.